The van der Waals surface area contributed by atoms with Crippen molar-refractivity contribution < 1.29 is 4.42 Å². The van der Waals surface area contributed by atoms with Gasteiger partial charge in [0.25, 0.3) is 0 Å². The quantitative estimate of drug-likeness (QED) is 0.715. The fourth-order valence-corrected chi connectivity index (χ4v) is 3.54. The van der Waals surface area contributed by atoms with Crippen LogP contribution in [0.1, 0.15) is 30.2 Å². The highest BCUT2D eigenvalue weighted by molar-refractivity contribution is 5.52. The number of nitrogens with zero attached hydrogens (tertiary/aromatic N) is 5. The van der Waals surface area contributed by atoms with E-state index in [9.17, 15) is 0 Å². The van der Waals surface area contributed by atoms with Gasteiger partial charge >= 0.3 is 0 Å². The maximum absolute atomic E-state index is 5.67. The summed E-state index contributed by atoms with van der Waals surface area (Å²) in [4.78, 5) is 11.5. The maximum atomic E-state index is 5.67. The molecule has 1 saturated heterocycles. The van der Waals surface area contributed by atoms with Crippen molar-refractivity contribution in [3.8, 4) is 11.5 Å². The van der Waals surface area contributed by atoms with Gasteiger partial charge < -0.3 is 4.42 Å². The van der Waals surface area contributed by atoms with Gasteiger partial charge in [-0.2, -0.15) is 5.10 Å². The van der Waals surface area contributed by atoms with Crippen molar-refractivity contribution in [3.63, 3.8) is 0 Å². The van der Waals surface area contributed by atoms with Crippen LogP contribution in [-0.4, -0.2) is 37.2 Å². The molecule has 6 heteroatoms. The van der Waals surface area contributed by atoms with E-state index in [-0.39, 0.29) is 0 Å². The summed E-state index contributed by atoms with van der Waals surface area (Å²) in [6.07, 6.45) is 4.17. The summed E-state index contributed by atoms with van der Waals surface area (Å²) in [7, 11) is 0. The number of rotatable bonds is 5. The first-order valence-corrected chi connectivity index (χ1v) is 8.81. The Bertz CT molecular complexity index is 839. The molecule has 1 unspecified atom stereocenters. The van der Waals surface area contributed by atoms with E-state index in [1.165, 1.54) is 12.8 Å². The summed E-state index contributed by atoms with van der Waals surface area (Å²) in [6.45, 7) is 6.74. The summed E-state index contributed by atoms with van der Waals surface area (Å²) >= 11 is 0. The Morgan fingerprint density at radius 2 is 2.00 bits per heavy atom. The fraction of sp³-hybridized carbons (Fsp3) is 0.421. The van der Waals surface area contributed by atoms with Crippen LogP contribution in [0.3, 0.4) is 0 Å². The third kappa shape index (κ3) is 3.49. The standard InChI is InChI=1S/C19H23N5O/c1-14-20-15(2)24(22-14)12-18-9-6-10-23(18)11-17-13-25-19(21-17)16-7-4-3-5-8-16/h3-5,7-8,13,18H,6,9-12H2,1-2H3. The van der Waals surface area contributed by atoms with Gasteiger partial charge in [-0.05, 0) is 45.4 Å². The third-order valence-electron chi connectivity index (χ3n) is 4.78. The Balaban J connectivity index is 1.45. The molecule has 1 atom stereocenters. The number of hydrogen-bond acceptors (Lipinski definition) is 5. The Morgan fingerprint density at radius 3 is 2.76 bits per heavy atom. The minimum atomic E-state index is 0.469. The normalized spacial score (nSPS) is 18.1. The molecule has 130 valence electrons. The van der Waals surface area contributed by atoms with Crippen LogP contribution in [0, 0.1) is 13.8 Å². The summed E-state index contributed by atoms with van der Waals surface area (Å²) < 4.78 is 7.70. The third-order valence-corrected chi connectivity index (χ3v) is 4.78. The van der Waals surface area contributed by atoms with Crippen molar-refractivity contribution in [1.29, 1.82) is 0 Å². The molecule has 1 aliphatic heterocycles. The van der Waals surface area contributed by atoms with Crippen LogP contribution in [0.5, 0.6) is 0 Å². The SMILES string of the molecule is Cc1nc(C)n(CC2CCCN2Cc2coc(-c3ccccc3)n2)n1. The average molecular weight is 337 g/mol. The molecule has 0 amide bonds. The monoisotopic (exact) mass is 337 g/mol. The van der Waals surface area contributed by atoms with E-state index in [2.05, 4.69) is 20.0 Å². The molecule has 1 fully saturated rings. The van der Waals surface area contributed by atoms with Crippen LogP contribution in [0.15, 0.2) is 41.0 Å². The minimum absolute atomic E-state index is 0.469. The molecule has 6 nitrogen and oxygen atoms in total. The summed E-state index contributed by atoms with van der Waals surface area (Å²) in [6, 6.07) is 10.5. The van der Waals surface area contributed by atoms with Crippen LogP contribution < -0.4 is 0 Å². The highest BCUT2D eigenvalue weighted by atomic mass is 16.3. The highest BCUT2D eigenvalue weighted by Gasteiger charge is 2.26. The molecule has 3 aromatic rings. The van der Waals surface area contributed by atoms with Gasteiger partial charge in [0.15, 0.2) is 0 Å². The summed E-state index contributed by atoms with van der Waals surface area (Å²) in [5.74, 6) is 2.51. The molecule has 1 aromatic carbocycles. The maximum Gasteiger partial charge on any atom is 0.226 e. The van der Waals surface area contributed by atoms with Crippen molar-refractivity contribution in [3.05, 3.63) is 53.9 Å². The van der Waals surface area contributed by atoms with Gasteiger partial charge in [0, 0.05) is 18.2 Å². The number of oxazole rings is 1. The largest absolute Gasteiger partial charge is 0.444 e. The first kappa shape index (κ1) is 16.0. The van der Waals surface area contributed by atoms with Crippen molar-refractivity contribution in [2.24, 2.45) is 0 Å². The van der Waals surface area contributed by atoms with Gasteiger partial charge in [-0.25, -0.2) is 14.6 Å². The van der Waals surface area contributed by atoms with Gasteiger partial charge in [0.2, 0.25) is 5.89 Å². The molecule has 0 N–H and O–H groups in total. The molecule has 25 heavy (non-hydrogen) atoms. The van der Waals surface area contributed by atoms with Gasteiger partial charge in [-0.15, -0.1) is 0 Å². The van der Waals surface area contributed by atoms with Crippen LogP contribution in [0.25, 0.3) is 11.5 Å². The zero-order valence-corrected chi connectivity index (χ0v) is 14.7. The van der Waals surface area contributed by atoms with Crippen LogP contribution in [0.4, 0.5) is 0 Å². The predicted octanol–water partition coefficient (Wildman–Crippen LogP) is 3.21. The number of aryl methyl sites for hydroxylation is 2. The van der Waals surface area contributed by atoms with E-state index < -0.39 is 0 Å². The predicted molar refractivity (Wildman–Crippen MR) is 94.9 cm³/mol. The van der Waals surface area contributed by atoms with E-state index >= 15 is 0 Å². The molecule has 0 aliphatic carbocycles. The van der Waals surface area contributed by atoms with E-state index in [1.807, 2.05) is 48.9 Å². The Labute approximate surface area is 147 Å². The topological polar surface area (TPSA) is 60.0 Å². The van der Waals surface area contributed by atoms with Crippen molar-refractivity contribution in [2.45, 2.75) is 45.8 Å². The van der Waals surface area contributed by atoms with Crippen LogP contribution in [-0.2, 0) is 13.1 Å². The van der Waals surface area contributed by atoms with Gasteiger partial charge in [0.05, 0.1) is 12.2 Å². The van der Waals surface area contributed by atoms with Gasteiger partial charge in [0.1, 0.15) is 17.9 Å². The number of aromatic nitrogens is 4. The second-order valence-electron chi connectivity index (χ2n) is 6.66. The van der Waals surface area contributed by atoms with Crippen molar-refractivity contribution in [1.82, 2.24) is 24.6 Å². The molecule has 0 bridgehead atoms. The number of likely N-dealkylation sites (tertiary alicyclic amines) is 1. The smallest absolute Gasteiger partial charge is 0.226 e. The first-order chi connectivity index (χ1) is 12.2. The molecule has 1 aliphatic rings. The van der Waals surface area contributed by atoms with E-state index in [4.69, 9.17) is 4.42 Å². The fourth-order valence-electron chi connectivity index (χ4n) is 3.54. The lowest BCUT2D eigenvalue weighted by atomic mass is 10.2. The molecule has 0 saturated carbocycles. The second-order valence-corrected chi connectivity index (χ2v) is 6.66. The molecular weight excluding hydrogens is 314 g/mol. The Kier molecular flexibility index (Phi) is 4.36. The lowest BCUT2D eigenvalue weighted by Crippen LogP contribution is -2.33. The van der Waals surface area contributed by atoms with Gasteiger partial charge in [-0.1, -0.05) is 18.2 Å². The van der Waals surface area contributed by atoms with E-state index in [0.717, 1.165) is 42.5 Å². The number of hydrogen-bond donors (Lipinski definition) is 0. The van der Waals surface area contributed by atoms with Gasteiger partial charge in [-0.3, -0.25) is 4.90 Å². The van der Waals surface area contributed by atoms with E-state index in [0.29, 0.717) is 11.9 Å². The Hall–Kier alpha value is -2.47. The zero-order chi connectivity index (χ0) is 17.2. The molecule has 0 radical (unpaired) electrons. The summed E-state index contributed by atoms with van der Waals surface area (Å²) in [5, 5.41) is 4.50. The molecule has 4 rings (SSSR count). The zero-order valence-electron chi connectivity index (χ0n) is 14.7. The van der Waals surface area contributed by atoms with Crippen LogP contribution >= 0.6 is 0 Å². The summed E-state index contributed by atoms with van der Waals surface area (Å²) in [5.41, 5.74) is 2.00. The molecule has 0 spiro atoms. The lowest BCUT2D eigenvalue weighted by molar-refractivity contribution is 0.215. The van der Waals surface area contributed by atoms with Crippen molar-refractivity contribution in [2.75, 3.05) is 6.54 Å². The number of benzene rings is 1. The van der Waals surface area contributed by atoms with Crippen LogP contribution in [0.2, 0.25) is 0 Å². The average Bonchev–Trinajstić information content (AvgIpc) is 3.32. The second kappa shape index (κ2) is 6.80. The highest BCUT2D eigenvalue weighted by Crippen LogP contribution is 2.23. The Morgan fingerprint density at radius 1 is 1.16 bits per heavy atom. The van der Waals surface area contributed by atoms with E-state index in [1.54, 1.807) is 6.26 Å². The molecule has 3 heterocycles. The minimum Gasteiger partial charge on any atom is -0.444 e. The first-order valence-electron chi connectivity index (χ1n) is 8.81. The molecular formula is C19H23N5O. The molecule has 2 aromatic heterocycles. The van der Waals surface area contributed by atoms with Crippen molar-refractivity contribution >= 4 is 0 Å². The lowest BCUT2D eigenvalue weighted by Gasteiger charge is -2.23.